The number of hydrogen-bond donors (Lipinski definition) is 3. The van der Waals surface area contributed by atoms with Gasteiger partial charge in [0.25, 0.3) is 0 Å². The maximum Gasteiger partial charge on any atom is 0.191 e. The molecular weight excluding hydrogens is 435 g/mol. The van der Waals surface area contributed by atoms with Crippen LogP contribution < -0.4 is 10.6 Å². The molecule has 2 unspecified atom stereocenters. The van der Waals surface area contributed by atoms with Gasteiger partial charge in [0.1, 0.15) is 0 Å². The van der Waals surface area contributed by atoms with Crippen molar-refractivity contribution >= 4 is 41.7 Å². The fraction of sp³-hybridized carbons (Fsp3) is 0.941. The number of nitrogens with zero attached hydrogens (tertiary/aromatic N) is 2. The standard InChI is InChI=1S/C17H32N4OS.HI/c1-2-18-16(19-12-17(22)8-10-23-13-17)20-14-7-9-21(11-14)15-5-3-4-6-15;/h14-15,22H,2-13H2,1H3,(H2,18,19,20);1H. The Balaban J connectivity index is 0.00000208. The summed E-state index contributed by atoms with van der Waals surface area (Å²) in [5.41, 5.74) is -0.599. The average Bonchev–Trinajstić information content (AvgIpc) is 3.26. The molecule has 7 heteroatoms. The van der Waals surface area contributed by atoms with E-state index in [-0.39, 0.29) is 24.0 Å². The minimum absolute atomic E-state index is 0. The third kappa shape index (κ3) is 5.64. The molecule has 0 aromatic rings. The van der Waals surface area contributed by atoms with Gasteiger partial charge in [-0.1, -0.05) is 12.8 Å². The van der Waals surface area contributed by atoms with Crippen molar-refractivity contribution in [2.24, 2.45) is 4.99 Å². The summed E-state index contributed by atoms with van der Waals surface area (Å²) in [6.07, 6.45) is 7.62. The predicted octanol–water partition coefficient (Wildman–Crippen LogP) is 2.04. The van der Waals surface area contributed by atoms with Crippen LogP contribution in [0.4, 0.5) is 0 Å². The molecule has 2 atom stereocenters. The van der Waals surface area contributed by atoms with E-state index < -0.39 is 5.60 Å². The molecule has 0 amide bonds. The molecule has 140 valence electrons. The van der Waals surface area contributed by atoms with Crippen molar-refractivity contribution in [2.45, 2.75) is 63.1 Å². The zero-order valence-electron chi connectivity index (χ0n) is 14.8. The monoisotopic (exact) mass is 468 g/mol. The Kier molecular flexibility index (Phi) is 8.43. The zero-order chi connectivity index (χ0) is 16.1. The molecule has 2 heterocycles. The number of thioether (sulfide) groups is 1. The van der Waals surface area contributed by atoms with Crippen LogP contribution in [0.2, 0.25) is 0 Å². The van der Waals surface area contributed by atoms with Crippen LogP contribution >= 0.6 is 35.7 Å². The summed E-state index contributed by atoms with van der Waals surface area (Å²) in [4.78, 5) is 7.33. The van der Waals surface area contributed by atoms with Crippen LogP contribution in [0.25, 0.3) is 0 Å². The van der Waals surface area contributed by atoms with Gasteiger partial charge in [-0.3, -0.25) is 9.89 Å². The fourth-order valence-electron chi connectivity index (χ4n) is 3.97. The predicted molar refractivity (Wildman–Crippen MR) is 114 cm³/mol. The molecule has 24 heavy (non-hydrogen) atoms. The van der Waals surface area contributed by atoms with Gasteiger partial charge in [-0.15, -0.1) is 24.0 Å². The maximum atomic E-state index is 10.5. The SMILES string of the molecule is CCNC(=NCC1(O)CCSC1)NC1CCN(C2CCCC2)C1.I. The Labute approximate surface area is 167 Å². The second kappa shape index (κ2) is 9.83. The number of aliphatic hydroxyl groups is 1. The lowest BCUT2D eigenvalue weighted by Crippen LogP contribution is -2.46. The zero-order valence-corrected chi connectivity index (χ0v) is 17.9. The van der Waals surface area contributed by atoms with Crippen LogP contribution in [-0.2, 0) is 0 Å². The number of rotatable bonds is 5. The summed E-state index contributed by atoms with van der Waals surface area (Å²) in [5.74, 6) is 2.74. The normalized spacial score (nSPS) is 32.1. The van der Waals surface area contributed by atoms with Gasteiger partial charge in [0.05, 0.1) is 12.1 Å². The summed E-state index contributed by atoms with van der Waals surface area (Å²) >= 11 is 1.83. The van der Waals surface area contributed by atoms with Crippen LogP contribution in [0.3, 0.4) is 0 Å². The average molecular weight is 468 g/mol. The lowest BCUT2D eigenvalue weighted by molar-refractivity contribution is 0.0778. The van der Waals surface area contributed by atoms with Gasteiger partial charge in [0.15, 0.2) is 5.96 Å². The van der Waals surface area contributed by atoms with Gasteiger partial charge in [-0.25, -0.2) is 0 Å². The van der Waals surface area contributed by atoms with E-state index in [1.807, 2.05) is 11.8 Å². The summed E-state index contributed by atoms with van der Waals surface area (Å²) in [6.45, 7) is 5.81. The lowest BCUT2D eigenvalue weighted by atomic mass is 10.1. The molecule has 1 saturated carbocycles. The second-order valence-electron chi connectivity index (χ2n) is 7.29. The first kappa shape index (κ1) is 20.6. The van der Waals surface area contributed by atoms with Crippen LogP contribution in [0.15, 0.2) is 4.99 Å². The van der Waals surface area contributed by atoms with Gasteiger partial charge in [-0.2, -0.15) is 11.8 Å². The first-order valence-corrected chi connectivity index (χ1v) is 10.4. The van der Waals surface area contributed by atoms with Crippen LogP contribution in [0.5, 0.6) is 0 Å². The second-order valence-corrected chi connectivity index (χ2v) is 8.39. The van der Waals surface area contributed by atoms with Crippen LogP contribution in [0, 0.1) is 0 Å². The molecule has 0 spiro atoms. The molecule has 2 aliphatic heterocycles. The summed E-state index contributed by atoms with van der Waals surface area (Å²) in [6, 6.07) is 1.30. The van der Waals surface area contributed by atoms with Gasteiger partial charge in [-0.05, 0) is 38.4 Å². The van der Waals surface area contributed by atoms with E-state index in [4.69, 9.17) is 0 Å². The van der Waals surface area contributed by atoms with E-state index in [1.54, 1.807) is 0 Å². The van der Waals surface area contributed by atoms with Crippen molar-refractivity contribution in [2.75, 3.05) is 37.7 Å². The molecule has 5 nitrogen and oxygen atoms in total. The Bertz CT molecular complexity index is 411. The van der Waals surface area contributed by atoms with Crippen molar-refractivity contribution in [3.8, 4) is 0 Å². The summed E-state index contributed by atoms with van der Waals surface area (Å²) in [7, 11) is 0. The molecule has 0 aromatic carbocycles. The minimum Gasteiger partial charge on any atom is -0.387 e. The third-order valence-corrected chi connectivity index (χ3v) is 6.59. The topological polar surface area (TPSA) is 59.9 Å². The van der Waals surface area contributed by atoms with Gasteiger partial charge in [0.2, 0.25) is 0 Å². The summed E-state index contributed by atoms with van der Waals surface area (Å²) in [5, 5.41) is 17.4. The van der Waals surface area contributed by atoms with E-state index in [2.05, 4.69) is 27.4 Å². The molecule has 2 saturated heterocycles. The van der Waals surface area contributed by atoms with Crippen molar-refractivity contribution in [1.29, 1.82) is 0 Å². The Morgan fingerprint density at radius 1 is 1.33 bits per heavy atom. The lowest BCUT2D eigenvalue weighted by Gasteiger charge is -2.24. The largest absolute Gasteiger partial charge is 0.387 e. The molecule has 0 bridgehead atoms. The van der Waals surface area contributed by atoms with Crippen LogP contribution in [-0.4, -0.2) is 71.3 Å². The van der Waals surface area contributed by atoms with E-state index in [1.165, 1.54) is 38.6 Å². The van der Waals surface area contributed by atoms with E-state index in [0.29, 0.717) is 12.6 Å². The Morgan fingerprint density at radius 3 is 2.79 bits per heavy atom. The highest BCUT2D eigenvalue weighted by molar-refractivity contribution is 14.0. The van der Waals surface area contributed by atoms with Gasteiger partial charge in [0, 0.05) is 37.5 Å². The maximum absolute atomic E-state index is 10.5. The molecule has 3 fully saturated rings. The highest BCUT2D eigenvalue weighted by Crippen LogP contribution is 2.28. The molecule has 0 radical (unpaired) electrons. The van der Waals surface area contributed by atoms with Crippen molar-refractivity contribution in [3.63, 3.8) is 0 Å². The first-order valence-electron chi connectivity index (χ1n) is 9.27. The molecule has 1 aliphatic carbocycles. The smallest absolute Gasteiger partial charge is 0.191 e. The van der Waals surface area contributed by atoms with Crippen molar-refractivity contribution in [1.82, 2.24) is 15.5 Å². The number of hydrogen-bond acceptors (Lipinski definition) is 4. The van der Waals surface area contributed by atoms with E-state index in [9.17, 15) is 5.11 Å². The Morgan fingerprint density at radius 2 is 2.12 bits per heavy atom. The van der Waals surface area contributed by atoms with Gasteiger partial charge < -0.3 is 15.7 Å². The molecule has 3 N–H and O–H groups in total. The fourth-order valence-corrected chi connectivity index (χ4v) is 5.25. The van der Waals surface area contributed by atoms with Crippen LogP contribution in [0.1, 0.15) is 45.4 Å². The number of likely N-dealkylation sites (tertiary alicyclic amines) is 1. The van der Waals surface area contributed by atoms with Gasteiger partial charge >= 0.3 is 0 Å². The highest BCUT2D eigenvalue weighted by atomic mass is 127. The van der Waals surface area contributed by atoms with E-state index in [0.717, 1.165) is 43.0 Å². The molecule has 3 aliphatic rings. The quantitative estimate of drug-likeness (QED) is 0.328. The summed E-state index contributed by atoms with van der Waals surface area (Å²) < 4.78 is 0. The number of aliphatic imine (C=N–C) groups is 1. The first-order chi connectivity index (χ1) is 11.2. The van der Waals surface area contributed by atoms with Crippen molar-refractivity contribution in [3.05, 3.63) is 0 Å². The Hall–Kier alpha value is 0.270. The van der Waals surface area contributed by atoms with E-state index >= 15 is 0 Å². The minimum atomic E-state index is -0.599. The third-order valence-electron chi connectivity index (χ3n) is 5.36. The number of nitrogens with one attached hydrogen (secondary N) is 2. The number of halogens is 1. The molecule has 0 aromatic heterocycles. The highest BCUT2D eigenvalue weighted by Gasteiger charge is 2.32. The molecule has 3 rings (SSSR count). The molecular formula is C17H33IN4OS. The van der Waals surface area contributed by atoms with Crippen molar-refractivity contribution < 1.29 is 5.11 Å². The number of guanidine groups is 1.